The molecule has 0 saturated heterocycles. The second-order valence-corrected chi connectivity index (χ2v) is 10.1. The van der Waals surface area contributed by atoms with Crippen molar-refractivity contribution in [2.24, 2.45) is 0 Å². The third-order valence-electron chi connectivity index (χ3n) is 7.62. The van der Waals surface area contributed by atoms with Crippen molar-refractivity contribution in [3.63, 3.8) is 0 Å². The zero-order chi connectivity index (χ0) is 47.1. The third kappa shape index (κ3) is 4.17. The van der Waals surface area contributed by atoms with Gasteiger partial charge in [0.2, 0.25) is 0 Å². The van der Waals surface area contributed by atoms with Crippen LogP contribution in [0.2, 0.25) is 0 Å². The topological polar surface area (TPSA) is 13.1 Å². The highest BCUT2D eigenvalue weighted by Gasteiger charge is 2.18. The molecular weight excluding hydrogens is 544 g/mol. The van der Waals surface area contributed by atoms with Crippen molar-refractivity contribution in [2.45, 2.75) is 0 Å². The molecule has 0 bridgehead atoms. The first-order valence-electron chi connectivity index (χ1n) is 23.8. The van der Waals surface area contributed by atoms with Gasteiger partial charge in [-0.2, -0.15) is 0 Å². The van der Waals surface area contributed by atoms with Gasteiger partial charge in [-0.3, -0.25) is 0 Å². The molecular formula is C44H28O. The standard InChI is InChI=1S/C44H28O/c1-3-12-29(13-4-1)30-22-24-32(25-23-30)42-36-16-7-9-18-38(36)43(39-19-10-8-17-37(39)42)33-26-27-35-40-21-11-20-34(31-14-5-2-6-15-31)44(40)45-41(35)28-33/h1-28H/i1D,2D,3D,4D,5D,6D,11D,12D,13D,14D,15D,20D,21D,22D,23D,24D,25D,26D,27D,28D. The van der Waals surface area contributed by atoms with Gasteiger partial charge in [-0.25, -0.2) is 0 Å². The average molecular weight is 593 g/mol. The number of furan rings is 1. The molecule has 0 aliphatic carbocycles. The fourth-order valence-electron chi connectivity index (χ4n) is 5.70. The first kappa shape index (κ1) is 12.6. The van der Waals surface area contributed by atoms with Gasteiger partial charge < -0.3 is 4.42 Å². The van der Waals surface area contributed by atoms with E-state index < -0.39 is 149 Å². The van der Waals surface area contributed by atoms with Crippen LogP contribution in [0.4, 0.5) is 0 Å². The maximum atomic E-state index is 9.67. The molecule has 0 N–H and O–H groups in total. The van der Waals surface area contributed by atoms with Crippen LogP contribution in [0.5, 0.6) is 0 Å². The Labute approximate surface area is 289 Å². The van der Waals surface area contributed by atoms with E-state index in [2.05, 4.69) is 0 Å². The van der Waals surface area contributed by atoms with Gasteiger partial charge in [0.1, 0.15) is 11.2 Å². The largest absolute Gasteiger partial charge is 0.455 e. The van der Waals surface area contributed by atoms with Gasteiger partial charge in [-0.15, -0.1) is 0 Å². The predicted octanol–water partition coefficient (Wildman–Crippen LogP) is 12.6. The Morgan fingerprint density at radius 3 is 1.51 bits per heavy atom. The van der Waals surface area contributed by atoms with Crippen molar-refractivity contribution >= 4 is 43.5 Å². The molecule has 0 aliphatic rings. The molecule has 8 aromatic carbocycles. The van der Waals surface area contributed by atoms with E-state index in [9.17, 15) is 6.85 Å². The first-order chi connectivity index (χ1) is 30.7. The van der Waals surface area contributed by atoms with E-state index in [4.69, 9.17) is 25.0 Å². The number of hydrogen-bond donors (Lipinski definition) is 0. The van der Waals surface area contributed by atoms with Crippen LogP contribution < -0.4 is 0 Å². The lowest BCUT2D eigenvalue weighted by Crippen LogP contribution is -1.91. The van der Waals surface area contributed by atoms with Crippen LogP contribution in [0, 0.1) is 0 Å². The zero-order valence-corrected chi connectivity index (χ0v) is 23.0. The molecule has 0 amide bonds. The molecule has 0 aliphatic heterocycles. The van der Waals surface area contributed by atoms with Crippen molar-refractivity contribution in [2.75, 3.05) is 0 Å². The quantitative estimate of drug-likeness (QED) is 0.185. The van der Waals surface area contributed by atoms with E-state index in [-0.39, 0.29) is 38.6 Å². The van der Waals surface area contributed by atoms with Crippen LogP contribution in [0.15, 0.2) is 174 Å². The molecule has 1 heterocycles. The highest BCUT2D eigenvalue weighted by molar-refractivity contribution is 6.22. The van der Waals surface area contributed by atoms with Crippen molar-refractivity contribution in [1.82, 2.24) is 0 Å². The minimum absolute atomic E-state index is 0.148. The lowest BCUT2D eigenvalue weighted by Gasteiger charge is -2.18. The summed E-state index contributed by atoms with van der Waals surface area (Å²) in [5.74, 6) is 0. The van der Waals surface area contributed by atoms with Crippen LogP contribution in [0.3, 0.4) is 0 Å². The fourth-order valence-corrected chi connectivity index (χ4v) is 5.70. The van der Waals surface area contributed by atoms with Crippen molar-refractivity contribution in [3.8, 4) is 44.5 Å². The lowest BCUT2D eigenvalue weighted by molar-refractivity contribution is 0.670. The zero-order valence-electron chi connectivity index (χ0n) is 43.0. The molecule has 1 heteroatoms. The van der Waals surface area contributed by atoms with Crippen molar-refractivity contribution in [1.29, 1.82) is 0 Å². The summed E-state index contributed by atoms with van der Waals surface area (Å²) in [5, 5.41) is 0.769. The van der Waals surface area contributed by atoms with Crippen LogP contribution in [0.1, 0.15) is 27.4 Å². The molecule has 0 radical (unpaired) electrons. The minimum Gasteiger partial charge on any atom is -0.455 e. The van der Waals surface area contributed by atoms with E-state index in [0.29, 0.717) is 21.5 Å². The molecule has 0 atom stereocenters. The van der Waals surface area contributed by atoms with Crippen LogP contribution >= 0.6 is 0 Å². The number of benzene rings is 8. The SMILES string of the molecule is [2H]c1c([2H])c([2H])c(-c2c([2H])c([2H])c(-c3c4ccccc4c(-c4c([2H])c([2H])c5c(oc6c(-c7c([2H])c([2H])c([2H])c([2H])c7[2H])c([2H])c([2H])c([2H])c65)c4[2H])c4ccccc34)c([2H])c2[2H])c([2H])c1[2H]. The summed E-state index contributed by atoms with van der Waals surface area (Å²) in [5.41, 5.74) is -2.60. The second kappa shape index (κ2) is 10.4. The Morgan fingerprint density at radius 1 is 0.378 bits per heavy atom. The number of para-hydroxylation sites is 1. The molecule has 1 nitrogen and oxygen atoms in total. The molecule has 210 valence electrons. The van der Waals surface area contributed by atoms with Gasteiger partial charge in [-0.1, -0.05) is 157 Å². The predicted molar refractivity (Wildman–Crippen MR) is 190 cm³/mol. The minimum atomic E-state index is -0.732. The molecule has 9 rings (SSSR count). The summed E-state index contributed by atoms with van der Waals surface area (Å²) in [4.78, 5) is 0. The highest BCUT2D eigenvalue weighted by atomic mass is 16.3. The van der Waals surface area contributed by atoms with E-state index in [0.717, 1.165) is 0 Å². The monoisotopic (exact) mass is 592 g/mol. The smallest absolute Gasteiger partial charge is 0.143 e. The summed E-state index contributed by atoms with van der Waals surface area (Å²) in [6, 6.07) is -0.0874. The van der Waals surface area contributed by atoms with Crippen LogP contribution in [-0.4, -0.2) is 0 Å². The Hall–Kier alpha value is -5.92. The maximum Gasteiger partial charge on any atom is 0.143 e. The Kier molecular flexibility index (Phi) is 2.90. The number of fused-ring (bicyclic) bond motifs is 5. The first-order valence-corrected chi connectivity index (χ1v) is 13.8. The van der Waals surface area contributed by atoms with E-state index in [1.165, 1.54) is 0 Å². The average Bonchev–Trinajstić information content (AvgIpc) is 3.70. The van der Waals surface area contributed by atoms with Gasteiger partial charge in [0, 0.05) is 16.3 Å². The van der Waals surface area contributed by atoms with Crippen LogP contribution in [-0.2, 0) is 0 Å². The third-order valence-corrected chi connectivity index (χ3v) is 7.62. The Morgan fingerprint density at radius 2 is 0.889 bits per heavy atom. The normalized spacial score (nSPS) is 17.8. The summed E-state index contributed by atoms with van der Waals surface area (Å²) in [6.07, 6.45) is 0. The lowest BCUT2D eigenvalue weighted by atomic mass is 9.85. The maximum absolute atomic E-state index is 9.67. The molecule has 0 spiro atoms. The van der Waals surface area contributed by atoms with Gasteiger partial charge >= 0.3 is 0 Å². The molecule has 0 fully saturated rings. The van der Waals surface area contributed by atoms with Crippen molar-refractivity contribution in [3.05, 3.63) is 169 Å². The summed E-state index contributed by atoms with van der Waals surface area (Å²) < 4.78 is 181. The Bertz CT molecular complexity index is 3520. The molecule has 9 aromatic rings. The van der Waals surface area contributed by atoms with Crippen molar-refractivity contribution < 1.29 is 31.8 Å². The van der Waals surface area contributed by atoms with Crippen LogP contribution in [0.25, 0.3) is 88.0 Å². The summed E-state index contributed by atoms with van der Waals surface area (Å²) >= 11 is 0. The van der Waals surface area contributed by atoms with E-state index in [1.807, 2.05) is 0 Å². The molecule has 1 aromatic heterocycles. The Balaban J connectivity index is 1.39. The number of rotatable bonds is 4. The van der Waals surface area contributed by atoms with Gasteiger partial charge in [0.15, 0.2) is 0 Å². The summed E-state index contributed by atoms with van der Waals surface area (Å²) in [6.45, 7) is 0. The van der Waals surface area contributed by atoms with Gasteiger partial charge in [-0.05, 0) is 72.6 Å². The highest BCUT2D eigenvalue weighted by Crippen LogP contribution is 2.45. The molecule has 0 saturated carbocycles. The summed E-state index contributed by atoms with van der Waals surface area (Å²) in [7, 11) is 0. The second-order valence-electron chi connectivity index (χ2n) is 10.1. The molecule has 45 heavy (non-hydrogen) atoms. The van der Waals surface area contributed by atoms with Gasteiger partial charge in [0.05, 0.1) is 27.4 Å². The molecule has 0 unspecified atom stereocenters. The fraction of sp³-hybridized carbons (Fsp3) is 0. The number of hydrogen-bond acceptors (Lipinski definition) is 1. The van der Waals surface area contributed by atoms with Gasteiger partial charge in [0.25, 0.3) is 0 Å². The van der Waals surface area contributed by atoms with E-state index in [1.54, 1.807) is 48.5 Å². The van der Waals surface area contributed by atoms with E-state index >= 15 is 0 Å².